The average molecular weight is 246 g/mol. The van der Waals surface area contributed by atoms with Gasteiger partial charge < -0.3 is 9.47 Å². The Morgan fingerprint density at radius 3 is 2.94 bits per heavy atom. The van der Waals surface area contributed by atoms with Crippen molar-refractivity contribution in [2.24, 2.45) is 5.41 Å². The molecule has 0 amide bonds. The summed E-state index contributed by atoms with van der Waals surface area (Å²) in [6, 6.07) is 0. The first kappa shape index (κ1) is 13.5. The second-order valence-corrected chi connectivity index (χ2v) is 4.76. The van der Waals surface area contributed by atoms with Gasteiger partial charge in [-0.1, -0.05) is 0 Å². The van der Waals surface area contributed by atoms with Crippen LogP contribution in [0.5, 0.6) is 0 Å². The average Bonchev–Trinajstić information content (AvgIpc) is 2.28. The highest BCUT2D eigenvalue weighted by Gasteiger charge is 2.48. The summed E-state index contributed by atoms with van der Waals surface area (Å²) in [4.78, 5) is 23.9. The molecule has 1 rings (SSSR count). The Bertz CT molecular complexity index is 267. The minimum absolute atomic E-state index is 0.0359. The van der Waals surface area contributed by atoms with E-state index in [-0.39, 0.29) is 12.4 Å². The van der Waals surface area contributed by atoms with Crippen LogP contribution in [0.4, 0.5) is 0 Å². The molecule has 0 aromatic carbocycles. The molecule has 0 saturated carbocycles. The zero-order valence-corrected chi connectivity index (χ0v) is 10.6. The second kappa shape index (κ2) is 6.25. The van der Waals surface area contributed by atoms with Gasteiger partial charge in [-0.3, -0.25) is 9.59 Å². The van der Waals surface area contributed by atoms with Crippen molar-refractivity contribution in [2.75, 3.05) is 31.8 Å². The third kappa shape index (κ3) is 2.77. The molecule has 1 atom stereocenters. The van der Waals surface area contributed by atoms with Crippen molar-refractivity contribution in [3.8, 4) is 0 Å². The Balaban J connectivity index is 2.81. The molecular formula is C11H18O4S. The smallest absolute Gasteiger partial charge is 0.322 e. The molecule has 16 heavy (non-hydrogen) atoms. The van der Waals surface area contributed by atoms with E-state index in [0.29, 0.717) is 26.1 Å². The fourth-order valence-corrected chi connectivity index (χ4v) is 2.32. The Labute approximate surface area is 100 Å². The maximum Gasteiger partial charge on any atom is 0.322 e. The van der Waals surface area contributed by atoms with Crippen LogP contribution in [0.2, 0.25) is 0 Å². The summed E-state index contributed by atoms with van der Waals surface area (Å²) < 4.78 is 10.3. The first-order chi connectivity index (χ1) is 7.67. The van der Waals surface area contributed by atoms with Gasteiger partial charge in [0.15, 0.2) is 11.2 Å². The fraction of sp³-hybridized carbons (Fsp3) is 0.818. The molecule has 4 nitrogen and oxygen atoms in total. The predicted octanol–water partition coefficient (Wildman–Crippen LogP) is 1.28. The number of ketones is 1. The third-order valence-corrected chi connectivity index (χ3v) is 3.37. The van der Waals surface area contributed by atoms with Crippen molar-refractivity contribution in [2.45, 2.75) is 19.8 Å². The molecule has 0 aromatic rings. The van der Waals surface area contributed by atoms with Crippen LogP contribution in [0.25, 0.3) is 0 Å². The van der Waals surface area contributed by atoms with Gasteiger partial charge in [0, 0.05) is 6.42 Å². The molecule has 0 radical (unpaired) electrons. The Hall–Kier alpha value is -0.550. The number of carbonyl (C=O) groups excluding carboxylic acids is 2. The topological polar surface area (TPSA) is 52.6 Å². The number of hydrogen-bond donors (Lipinski definition) is 0. The maximum absolute atomic E-state index is 11.9. The monoisotopic (exact) mass is 246 g/mol. The second-order valence-electron chi connectivity index (χ2n) is 3.77. The minimum atomic E-state index is -1.04. The van der Waals surface area contributed by atoms with Gasteiger partial charge in [-0.15, -0.1) is 0 Å². The molecule has 1 aliphatic rings. The molecule has 5 heteroatoms. The zero-order valence-electron chi connectivity index (χ0n) is 9.78. The van der Waals surface area contributed by atoms with Crippen LogP contribution in [0, 0.1) is 5.41 Å². The number of rotatable bonds is 5. The van der Waals surface area contributed by atoms with Crippen molar-refractivity contribution in [1.82, 2.24) is 0 Å². The van der Waals surface area contributed by atoms with Gasteiger partial charge in [0.2, 0.25) is 0 Å². The van der Waals surface area contributed by atoms with Crippen molar-refractivity contribution < 1.29 is 19.1 Å². The van der Waals surface area contributed by atoms with E-state index in [1.807, 2.05) is 6.26 Å². The van der Waals surface area contributed by atoms with E-state index in [1.165, 1.54) is 0 Å². The summed E-state index contributed by atoms with van der Waals surface area (Å²) >= 11 is 1.62. The number of esters is 1. The summed E-state index contributed by atoms with van der Waals surface area (Å²) in [6.45, 7) is 2.63. The van der Waals surface area contributed by atoms with Gasteiger partial charge in [0.05, 0.1) is 19.8 Å². The lowest BCUT2D eigenvalue weighted by Crippen LogP contribution is -2.48. The lowest BCUT2D eigenvalue weighted by atomic mass is 9.79. The van der Waals surface area contributed by atoms with Crippen LogP contribution in [0.15, 0.2) is 0 Å². The third-order valence-electron chi connectivity index (χ3n) is 2.75. The first-order valence-corrected chi connectivity index (χ1v) is 6.84. The van der Waals surface area contributed by atoms with E-state index < -0.39 is 11.4 Å². The van der Waals surface area contributed by atoms with Crippen LogP contribution in [0.1, 0.15) is 19.8 Å². The summed E-state index contributed by atoms with van der Waals surface area (Å²) in [5, 5.41) is 0. The van der Waals surface area contributed by atoms with E-state index in [0.717, 1.165) is 5.75 Å². The first-order valence-electron chi connectivity index (χ1n) is 5.44. The van der Waals surface area contributed by atoms with Crippen molar-refractivity contribution in [3.63, 3.8) is 0 Å². The van der Waals surface area contributed by atoms with E-state index in [9.17, 15) is 9.59 Å². The Morgan fingerprint density at radius 2 is 2.38 bits per heavy atom. The highest BCUT2D eigenvalue weighted by atomic mass is 32.2. The Kier molecular flexibility index (Phi) is 5.28. The van der Waals surface area contributed by atoms with Crippen molar-refractivity contribution in [3.05, 3.63) is 0 Å². The van der Waals surface area contributed by atoms with E-state index in [1.54, 1.807) is 18.7 Å². The predicted molar refractivity (Wildman–Crippen MR) is 62.5 cm³/mol. The standard InChI is InChI=1S/C11H18O4S/c1-3-15-10(13)11(5-7-16-2)8-14-6-4-9(11)12/h3-8H2,1-2H3. The van der Waals surface area contributed by atoms with Gasteiger partial charge in [0.1, 0.15) is 0 Å². The highest BCUT2D eigenvalue weighted by Crippen LogP contribution is 2.32. The number of carbonyl (C=O) groups is 2. The largest absolute Gasteiger partial charge is 0.465 e. The van der Waals surface area contributed by atoms with Gasteiger partial charge in [-0.2, -0.15) is 11.8 Å². The SMILES string of the molecule is CCOC(=O)C1(CCSC)COCCC1=O. The molecule has 0 aliphatic carbocycles. The molecular weight excluding hydrogens is 228 g/mol. The molecule has 0 spiro atoms. The molecule has 0 N–H and O–H groups in total. The molecule has 1 saturated heterocycles. The molecule has 1 aliphatic heterocycles. The lowest BCUT2D eigenvalue weighted by molar-refractivity contribution is -0.169. The van der Waals surface area contributed by atoms with Crippen LogP contribution in [-0.4, -0.2) is 43.6 Å². The highest BCUT2D eigenvalue weighted by molar-refractivity contribution is 7.98. The van der Waals surface area contributed by atoms with Gasteiger partial charge in [-0.05, 0) is 25.4 Å². The van der Waals surface area contributed by atoms with Crippen molar-refractivity contribution in [1.29, 1.82) is 0 Å². The van der Waals surface area contributed by atoms with E-state index in [4.69, 9.17) is 9.47 Å². The summed E-state index contributed by atoms with van der Waals surface area (Å²) in [6.07, 6.45) is 2.77. The van der Waals surface area contributed by atoms with Crippen LogP contribution >= 0.6 is 11.8 Å². The molecule has 0 bridgehead atoms. The fourth-order valence-electron chi connectivity index (χ4n) is 1.76. The number of Topliss-reactive ketones (excluding diaryl/α,β-unsaturated/α-hetero) is 1. The molecule has 1 fully saturated rings. The van der Waals surface area contributed by atoms with E-state index >= 15 is 0 Å². The lowest BCUT2D eigenvalue weighted by Gasteiger charge is -2.32. The van der Waals surface area contributed by atoms with Crippen molar-refractivity contribution >= 4 is 23.5 Å². The number of thioether (sulfide) groups is 1. The number of ether oxygens (including phenoxy) is 2. The molecule has 1 unspecified atom stereocenters. The van der Waals surface area contributed by atoms with Crippen LogP contribution in [-0.2, 0) is 19.1 Å². The van der Waals surface area contributed by atoms with Gasteiger partial charge in [-0.25, -0.2) is 0 Å². The molecule has 1 heterocycles. The normalized spacial score (nSPS) is 25.5. The van der Waals surface area contributed by atoms with Gasteiger partial charge in [0.25, 0.3) is 0 Å². The Morgan fingerprint density at radius 1 is 1.62 bits per heavy atom. The summed E-state index contributed by atoms with van der Waals surface area (Å²) in [5.74, 6) is 0.300. The quantitative estimate of drug-likeness (QED) is 0.540. The van der Waals surface area contributed by atoms with Crippen LogP contribution < -0.4 is 0 Å². The molecule has 92 valence electrons. The zero-order chi connectivity index (χ0) is 12.0. The van der Waals surface area contributed by atoms with Gasteiger partial charge >= 0.3 is 5.97 Å². The maximum atomic E-state index is 11.9. The minimum Gasteiger partial charge on any atom is -0.465 e. The summed E-state index contributed by atoms with van der Waals surface area (Å²) in [5.41, 5.74) is -1.04. The summed E-state index contributed by atoms with van der Waals surface area (Å²) in [7, 11) is 0. The van der Waals surface area contributed by atoms with E-state index in [2.05, 4.69) is 0 Å². The number of hydrogen-bond acceptors (Lipinski definition) is 5. The van der Waals surface area contributed by atoms with Crippen LogP contribution in [0.3, 0.4) is 0 Å². The molecule has 0 aromatic heterocycles.